The fourth-order valence-corrected chi connectivity index (χ4v) is 3.53. The van der Waals surface area contributed by atoms with E-state index in [0.29, 0.717) is 24.3 Å². The monoisotopic (exact) mass is 407 g/mol. The zero-order valence-electron chi connectivity index (χ0n) is 15.4. The minimum Gasteiger partial charge on any atom is -0.397 e. The smallest absolute Gasteiger partial charge is 0.277 e. The molecule has 0 unspecified atom stereocenters. The number of nitrogens with zero attached hydrogens (tertiary/aromatic N) is 3. The van der Waals surface area contributed by atoms with Crippen LogP contribution < -0.4 is 11.1 Å². The summed E-state index contributed by atoms with van der Waals surface area (Å²) in [4.78, 5) is 12.6. The number of hydrogen-bond acceptors (Lipinski definition) is 5. The predicted octanol–water partition coefficient (Wildman–Crippen LogP) is 4.22. The van der Waals surface area contributed by atoms with E-state index in [1.807, 2.05) is 29.0 Å². The largest absolute Gasteiger partial charge is 0.397 e. The lowest BCUT2D eigenvalue weighted by Gasteiger charge is -2.09. The first kappa shape index (κ1) is 18.8. The molecule has 0 bridgehead atoms. The highest BCUT2D eigenvalue weighted by Gasteiger charge is 2.13. The van der Waals surface area contributed by atoms with Gasteiger partial charge in [0.05, 0.1) is 17.6 Å². The highest BCUT2D eigenvalue weighted by Crippen LogP contribution is 2.28. The Labute approximate surface area is 170 Å². The van der Waals surface area contributed by atoms with Crippen LogP contribution in [0, 0.1) is 5.82 Å². The summed E-state index contributed by atoms with van der Waals surface area (Å²) >= 11 is 1.60. The first-order valence-corrected chi connectivity index (χ1v) is 9.91. The van der Waals surface area contributed by atoms with E-state index in [-0.39, 0.29) is 17.4 Å². The maximum atomic E-state index is 13.0. The number of aromatic nitrogens is 3. The van der Waals surface area contributed by atoms with E-state index in [1.165, 1.54) is 12.1 Å². The molecule has 4 aromatic rings. The molecule has 29 heavy (non-hydrogen) atoms. The number of anilines is 2. The van der Waals surface area contributed by atoms with Crippen molar-refractivity contribution in [3.8, 4) is 11.1 Å². The third kappa shape index (κ3) is 4.49. The molecule has 0 radical (unpaired) electrons. The van der Waals surface area contributed by atoms with Gasteiger partial charge in [0.25, 0.3) is 5.91 Å². The van der Waals surface area contributed by atoms with Gasteiger partial charge < -0.3 is 11.1 Å². The van der Waals surface area contributed by atoms with E-state index in [9.17, 15) is 9.18 Å². The number of benzene rings is 2. The number of nitrogen functional groups attached to an aromatic ring is 1. The second-order valence-electron chi connectivity index (χ2n) is 6.51. The van der Waals surface area contributed by atoms with Crippen LogP contribution in [-0.4, -0.2) is 20.9 Å². The van der Waals surface area contributed by atoms with Crippen LogP contribution in [0.3, 0.4) is 0 Å². The van der Waals surface area contributed by atoms with Gasteiger partial charge in [0.1, 0.15) is 5.82 Å². The van der Waals surface area contributed by atoms with Crippen LogP contribution in [0.15, 0.2) is 65.5 Å². The highest BCUT2D eigenvalue weighted by atomic mass is 32.1. The molecule has 6 nitrogen and oxygen atoms in total. The van der Waals surface area contributed by atoms with Crippen molar-refractivity contribution in [1.29, 1.82) is 0 Å². The quantitative estimate of drug-likeness (QED) is 0.469. The first-order valence-electron chi connectivity index (χ1n) is 8.96. The number of hydrogen-bond donors (Lipinski definition) is 2. The van der Waals surface area contributed by atoms with Crippen molar-refractivity contribution >= 4 is 28.6 Å². The van der Waals surface area contributed by atoms with E-state index in [4.69, 9.17) is 5.73 Å². The third-order valence-corrected chi connectivity index (χ3v) is 5.15. The summed E-state index contributed by atoms with van der Waals surface area (Å²) in [5, 5.41) is 14.8. The number of aryl methyl sites for hydroxylation is 2. The second kappa shape index (κ2) is 8.24. The van der Waals surface area contributed by atoms with Crippen molar-refractivity contribution < 1.29 is 9.18 Å². The van der Waals surface area contributed by atoms with E-state index >= 15 is 0 Å². The van der Waals surface area contributed by atoms with Crippen LogP contribution in [-0.2, 0) is 13.0 Å². The number of rotatable bonds is 6. The van der Waals surface area contributed by atoms with E-state index in [2.05, 4.69) is 15.6 Å². The molecule has 0 aliphatic carbocycles. The van der Waals surface area contributed by atoms with Crippen molar-refractivity contribution in [1.82, 2.24) is 15.0 Å². The third-order valence-electron chi connectivity index (χ3n) is 4.47. The molecule has 1 amide bonds. The van der Waals surface area contributed by atoms with Gasteiger partial charge in [-0.3, -0.25) is 9.48 Å². The molecule has 2 aromatic carbocycles. The summed E-state index contributed by atoms with van der Waals surface area (Å²) in [5.41, 5.74) is 10.2. The van der Waals surface area contributed by atoms with Crippen molar-refractivity contribution in [3.63, 3.8) is 0 Å². The summed E-state index contributed by atoms with van der Waals surface area (Å²) in [6.07, 6.45) is 2.23. The minimum atomic E-state index is -0.382. The highest BCUT2D eigenvalue weighted by molar-refractivity contribution is 7.08. The van der Waals surface area contributed by atoms with Gasteiger partial charge in [0.15, 0.2) is 5.69 Å². The fourth-order valence-electron chi connectivity index (χ4n) is 2.87. The van der Waals surface area contributed by atoms with Gasteiger partial charge in [0.2, 0.25) is 0 Å². The summed E-state index contributed by atoms with van der Waals surface area (Å²) in [6.45, 7) is 0.529. The number of nitrogens with two attached hydrogens (primary N) is 1. The second-order valence-corrected chi connectivity index (χ2v) is 7.29. The summed E-state index contributed by atoms with van der Waals surface area (Å²) in [6, 6.07) is 13.8. The Balaban J connectivity index is 1.43. The molecular weight excluding hydrogens is 389 g/mol. The Kier molecular flexibility index (Phi) is 5.35. The Morgan fingerprint density at radius 1 is 1.14 bits per heavy atom. The van der Waals surface area contributed by atoms with Gasteiger partial charge >= 0.3 is 0 Å². The zero-order valence-corrected chi connectivity index (χ0v) is 16.2. The van der Waals surface area contributed by atoms with Gasteiger partial charge in [-0.25, -0.2) is 4.39 Å². The SMILES string of the molecule is Nc1ccc(-c2ccsc2)cc1NC(=O)c1cn(CCc2ccc(F)cc2)nn1. The van der Waals surface area contributed by atoms with Crippen LogP contribution in [0.25, 0.3) is 11.1 Å². The maximum Gasteiger partial charge on any atom is 0.277 e. The number of carbonyl (C=O) groups is 1. The standard InChI is InChI=1S/C21H18FN5OS/c22-17-4-1-14(2-5-17)7-9-27-12-20(25-26-27)21(28)24-19-11-15(3-6-18(19)23)16-8-10-29-13-16/h1-6,8,10-13H,7,9,23H2,(H,24,28). The van der Waals surface area contributed by atoms with Crippen LogP contribution >= 0.6 is 11.3 Å². The molecule has 0 aliphatic heterocycles. The average Bonchev–Trinajstić information content (AvgIpc) is 3.41. The molecule has 0 atom stereocenters. The molecule has 0 saturated heterocycles. The number of amides is 1. The Hall–Kier alpha value is -3.52. The van der Waals surface area contributed by atoms with E-state index in [0.717, 1.165) is 16.7 Å². The summed E-state index contributed by atoms with van der Waals surface area (Å²) < 4.78 is 14.6. The molecule has 4 rings (SSSR count). The lowest BCUT2D eigenvalue weighted by molar-refractivity contribution is 0.102. The van der Waals surface area contributed by atoms with Crippen molar-refractivity contribution in [2.75, 3.05) is 11.1 Å². The van der Waals surface area contributed by atoms with E-state index in [1.54, 1.807) is 40.4 Å². The number of carbonyl (C=O) groups excluding carboxylic acids is 1. The van der Waals surface area contributed by atoms with Gasteiger partial charge in [-0.1, -0.05) is 23.4 Å². The minimum absolute atomic E-state index is 0.199. The zero-order chi connectivity index (χ0) is 20.2. The summed E-state index contributed by atoms with van der Waals surface area (Å²) in [5.74, 6) is -0.650. The molecular formula is C21H18FN5OS. The molecule has 0 saturated carbocycles. The normalized spacial score (nSPS) is 10.8. The van der Waals surface area contributed by atoms with E-state index < -0.39 is 0 Å². The molecule has 146 valence electrons. The van der Waals surface area contributed by atoms with Crippen molar-refractivity contribution in [2.45, 2.75) is 13.0 Å². The van der Waals surface area contributed by atoms with Gasteiger partial charge in [-0.2, -0.15) is 11.3 Å². The Morgan fingerprint density at radius 3 is 2.72 bits per heavy atom. The van der Waals surface area contributed by atoms with Crippen LogP contribution in [0.2, 0.25) is 0 Å². The van der Waals surface area contributed by atoms with Crippen LogP contribution in [0.5, 0.6) is 0 Å². The van der Waals surface area contributed by atoms with Crippen molar-refractivity contribution in [3.05, 3.63) is 82.6 Å². The fraction of sp³-hybridized carbons (Fsp3) is 0.0952. The number of nitrogens with one attached hydrogen (secondary N) is 1. The molecule has 0 fully saturated rings. The molecule has 0 aliphatic rings. The first-order chi connectivity index (χ1) is 14.1. The average molecular weight is 407 g/mol. The van der Waals surface area contributed by atoms with Gasteiger partial charge in [-0.15, -0.1) is 5.10 Å². The van der Waals surface area contributed by atoms with Crippen LogP contribution in [0.1, 0.15) is 16.1 Å². The Morgan fingerprint density at radius 2 is 1.97 bits per heavy atom. The van der Waals surface area contributed by atoms with Gasteiger partial charge in [-0.05, 0) is 64.2 Å². The summed E-state index contributed by atoms with van der Waals surface area (Å²) in [7, 11) is 0. The van der Waals surface area contributed by atoms with Crippen molar-refractivity contribution in [2.24, 2.45) is 0 Å². The molecule has 3 N–H and O–H groups in total. The Bertz CT molecular complexity index is 1120. The lowest BCUT2D eigenvalue weighted by Crippen LogP contribution is -2.13. The predicted molar refractivity (Wildman–Crippen MR) is 112 cm³/mol. The topological polar surface area (TPSA) is 85.8 Å². The van der Waals surface area contributed by atoms with Gasteiger partial charge in [0, 0.05) is 6.54 Å². The number of thiophene rings is 1. The number of halogens is 1. The maximum absolute atomic E-state index is 13.0. The lowest BCUT2D eigenvalue weighted by atomic mass is 10.1. The molecule has 2 heterocycles. The molecule has 8 heteroatoms. The molecule has 2 aromatic heterocycles. The molecule has 0 spiro atoms. The van der Waals surface area contributed by atoms with Crippen LogP contribution in [0.4, 0.5) is 15.8 Å².